The van der Waals surface area contributed by atoms with Gasteiger partial charge in [-0.1, -0.05) is 6.92 Å². The molecule has 3 heterocycles. The molecule has 0 spiro atoms. The average molecular weight is 375 g/mol. The first-order valence-electron chi connectivity index (χ1n) is 8.98. The zero-order valence-corrected chi connectivity index (χ0v) is 16.0. The van der Waals surface area contributed by atoms with E-state index in [1.165, 1.54) is 0 Å². The predicted octanol–water partition coefficient (Wildman–Crippen LogP) is 2.48. The van der Waals surface area contributed by atoms with Crippen LogP contribution >= 0.6 is 0 Å². The molecule has 1 aliphatic heterocycles. The normalized spacial score (nSPS) is 17.7. The van der Waals surface area contributed by atoms with E-state index in [1.807, 2.05) is 39.1 Å². The van der Waals surface area contributed by atoms with Gasteiger partial charge in [-0.15, -0.1) is 0 Å². The molecule has 1 atom stereocenters. The van der Waals surface area contributed by atoms with Crippen LogP contribution in [-0.4, -0.2) is 38.0 Å². The van der Waals surface area contributed by atoms with Crippen molar-refractivity contribution in [1.82, 2.24) is 19.7 Å². The Labute approximate surface area is 162 Å². The van der Waals surface area contributed by atoms with Crippen molar-refractivity contribution in [3.05, 3.63) is 47.3 Å². The lowest BCUT2D eigenvalue weighted by Gasteiger charge is -2.21. The number of benzene rings is 1. The molecule has 0 saturated carbocycles. The molecule has 1 unspecified atom stereocenters. The van der Waals surface area contributed by atoms with Gasteiger partial charge in [0.25, 0.3) is 0 Å². The van der Waals surface area contributed by atoms with Crippen molar-refractivity contribution in [2.75, 3.05) is 23.8 Å². The van der Waals surface area contributed by atoms with Gasteiger partial charge in [-0.3, -0.25) is 4.68 Å². The second-order valence-corrected chi connectivity index (χ2v) is 7.32. The summed E-state index contributed by atoms with van der Waals surface area (Å²) >= 11 is 0. The van der Waals surface area contributed by atoms with Crippen molar-refractivity contribution in [1.29, 1.82) is 5.26 Å². The van der Waals surface area contributed by atoms with Gasteiger partial charge < -0.3 is 15.7 Å². The van der Waals surface area contributed by atoms with Crippen LogP contribution < -0.4 is 10.6 Å². The Bertz CT molecular complexity index is 1100. The van der Waals surface area contributed by atoms with Crippen LogP contribution in [0.2, 0.25) is 0 Å². The number of rotatable bonds is 4. The Morgan fingerprint density at radius 3 is 2.89 bits per heavy atom. The summed E-state index contributed by atoms with van der Waals surface area (Å²) in [7, 11) is 1.85. The molecule has 8 nitrogen and oxygen atoms in total. The van der Waals surface area contributed by atoms with Gasteiger partial charge in [-0.2, -0.15) is 10.4 Å². The zero-order valence-electron chi connectivity index (χ0n) is 16.0. The summed E-state index contributed by atoms with van der Waals surface area (Å²) in [4.78, 5) is 8.90. The van der Waals surface area contributed by atoms with Crippen LogP contribution in [0.15, 0.2) is 30.5 Å². The minimum absolute atomic E-state index is 0.00224. The monoisotopic (exact) mass is 375 g/mol. The summed E-state index contributed by atoms with van der Waals surface area (Å²) in [6.45, 7) is 4.49. The smallest absolute Gasteiger partial charge is 0.228 e. The molecule has 0 bridgehead atoms. The lowest BCUT2D eigenvalue weighted by Crippen LogP contribution is -2.28. The van der Waals surface area contributed by atoms with Crippen molar-refractivity contribution in [3.8, 4) is 17.3 Å². The van der Waals surface area contributed by atoms with Crippen LogP contribution in [0.1, 0.15) is 23.7 Å². The molecule has 0 radical (unpaired) electrons. The number of nitriles is 1. The Balaban J connectivity index is 1.75. The molecule has 2 aromatic heterocycles. The fourth-order valence-corrected chi connectivity index (χ4v) is 3.49. The number of anilines is 3. The van der Waals surface area contributed by atoms with E-state index in [1.54, 1.807) is 16.9 Å². The third kappa shape index (κ3) is 2.96. The zero-order chi connectivity index (χ0) is 19.9. The summed E-state index contributed by atoms with van der Waals surface area (Å²) < 4.78 is 1.73. The summed E-state index contributed by atoms with van der Waals surface area (Å²) in [6.07, 6.45) is 1.68. The summed E-state index contributed by atoms with van der Waals surface area (Å²) in [5, 5.41) is 30.2. The lowest BCUT2D eigenvalue weighted by atomic mass is 9.83. The highest BCUT2D eigenvalue weighted by Crippen LogP contribution is 2.41. The Kier molecular flexibility index (Phi) is 4.24. The van der Waals surface area contributed by atoms with E-state index in [4.69, 9.17) is 0 Å². The van der Waals surface area contributed by atoms with Crippen LogP contribution in [0.4, 0.5) is 17.5 Å². The van der Waals surface area contributed by atoms with Crippen LogP contribution in [-0.2, 0) is 12.5 Å². The molecule has 0 amide bonds. The van der Waals surface area contributed by atoms with E-state index >= 15 is 0 Å². The van der Waals surface area contributed by atoms with Crippen LogP contribution in [0.5, 0.6) is 0 Å². The summed E-state index contributed by atoms with van der Waals surface area (Å²) in [5.74, 6) is 1.24. The molecule has 28 heavy (non-hydrogen) atoms. The van der Waals surface area contributed by atoms with Gasteiger partial charge in [0, 0.05) is 36.8 Å². The highest BCUT2D eigenvalue weighted by Gasteiger charge is 2.35. The van der Waals surface area contributed by atoms with Crippen LogP contribution in [0.3, 0.4) is 0 Å². The van der Waals surface area contributed by atoms with Crippen molar-refractivity contribution < 1.29 is 5.11 Å². The predicted molar refractivity (Wildman–Crippen MR) is 106 cm³/mol. The largest absolute Gasteiger partial charge is 0.395 e. The topological polar surface area (TPSA) is 112 Å². The van der Waals surface area contributed by atoms with Crippen LogP contribution in [0, 0.1) is 18.3 Å². The fourth-order valence-electron chi connectivity index (χ4n) is 3.49. The Morgan fingerprint density at radius 2 is 2.21 bits per heavy atom. The van der Waals surface area contributed by atoms with Gasteiger partial charge in [0.05, 0.1) is 29.2 Å². The number of hydrogen-bond acceptors (Lipinski definition) is 7. The third-order valence-electron chi connectivity index (χ3n) is 5.11. The Morgan fingerprint density at radius 1 is 1.39 bits per heavy atom. The van der Waals surface area contributed by atoms with E-state index in [9.17, 15) is 10.4 Å². The minimum atomic E-state index is -0.433. The number of aliphatic hydroxyl groups is 1. The molecule has 0 saturated heterocycles. The quantitative estimate of drug-likeness (QED) is 0.642. The Hall–Kier alpha value is -3.44. The molecule has 1 aromatic carbocycles. The standard InChI is InChI=1S/C20H21N7O/c1-12-6-17(27(3)26-12)25-19-22-5-4-16(24-19)13-7-14(9-21)18-15(8-13)20(2,11-28)10-23-18/h4-8,23,28H,10-11H2,1-3H3,(H,22,24,25). The molecule has 3 N–H and O–H groups in total. The molecule has 4 rings (SSSR count). The number of aromatic nitrogens is 4. The first kappa shape index (κ1) is 17.9. The highest BCUT2D eigenvalue weighted by molar-refractivity contribution is 5.76. The van der Waals surface area contributed by atoms with E-state index in [0.29, 0.717) is 23.8 Å². The maximum atomic E-state index is 9.87. The highest BCUT2D eigenvalue weighted by atomic mass is 16.3. The van der Waals surface area contributed by atoms with Crippen molar-refractivity contribution in [2.45, 2.75) is 19.3 Å². The lowest BCUT2D eigenvalue weighted by molar-refractivity contribution is 0.219. The number of nitrogens with one attached hydrogen (secondary N) is 2. The molecule has 1 aliphatic rings. The third-order valence-corrected chi connectivity index (χ3v) is 5.11. The summed E-state index contributed by atoms with van der Waals surface area (Å²) in [6, 6.07) is 9.78. The molecule has 0 fully saturated rings. The van der Waals surface area contributed by atoms with E-state index < -0.39 is 5.41 Å². The second kappa shape index (κ2) is 6.62. The van der Waals surface area contributed by atoms with Gasteiger partial charge in [-0.25, -0.2) is 9.97 Å². The van der Waals surface area contributed by atoms with Gasteiger partial charge in [-0.05, 0) is 30.7 Å². The van der Waals surface area contributed by atoms with Crippen molar-refractivity contribution in [3.63, 3.8) is 0 Å². The number of nitrogens with zero attached hydrogens (tertiary/aromatic N) is 5. The average Bonchev–Trinajstić information content (AvgIpc) is 3.20. The van der Waals surface area contributed by atoms with Crippen molar-refractivity contribution >= 4 is 17.5 Å². The molecule has 0 aliphatic carbocycles. The summed E-state index contributed by atoms with van der Waals surface area (Å²) in [5.41, 5.74) is 4.24. The second-order valence-electron chi connectivity index (χ2n) is 7.32. The molecule has 3 aromatic rings. The van der Waals surface area contributed by atoms with Gasteiger partial charge >= 0.3 is 0 Å². The van der Waals surface area contributed by atoms with Crippen molar-refractivity contribution in [2.24, 2.45) is 7.05 Å². The first-order chi connectivity index (χ1) is 13.4. The van der Waals surface area contributed by atoms with Gasteiger partial charge in [0.1, 0.15) is 11.9 Å². The SMILES string of the molecule is Cc1cc(Nc2nccc(-c3cc(C#N)c4c(c3)C(C)(CO)CN4)n2)n(C)n1. The first-order valence-corrected chi connectivity index (χ1v) is 8.98. The van der Waals surface area contributed by atoms with Gasteiger partial charge in [0.2, 0.25) is 5.95 Å². The van der Waals surface area contributed by atoms with Gasteiger partial charge in [0.15, 0.2) is 0 Å². The maximum absolute atomic E-state index is 9.87. The van der Waals surface area contributed by atoms with E-state index in [0.717, 1.165) is 28.3 Å². The van der Waals surface area contributed by atoms with E-state index in [2.05, 4.69) is 31.8 Å². The fraction of sp³-hybridized carbons (Fsp3) is 0.300. The molecular weight excluding hydrogens is 354 g/mol. The molecule has 8 heteroatoms. The number of hydrogen-bond donors (Lipinski definition) is 3. The maximum Gasteiger partial charge on any atom is 0.228 e. The number of aliphatic hydroxyl groups excluding tert-OH is 1. The van der Waals surface area contributed by atoms with E-state index in [-0.39, 0.29) is 6.61 Å². The number of aryl methyl sites for hydroxylation is 2. The molecule has 142 valence electrons. The minimum Gasteiger partial charge on any atom is -0.395 e. The number of fused-ring (bicyclic) bond motifs is 1. The van der Waals surface area contributed by atoms with Crippen LogP contribution in [0.25, 0.3) is 11.3 Å². The molecular formula is C20H21N7O.